The van der Waals surface area contributed by atoms with Crippen LogP contribution in [0.1, 0.15) is 33.1 Å². The zero-order valence-electron chi connectivity index (χ0n) is 12.8. The van der Waals surface area contributed by atoms with Crippen molar-refractivity contribution in [2.75, 3.05) is 45.0 Å². The molecule has 118 valence electrons. The first kappa shape index (κ1) is 16.2. The first-order valence-electron chi connectivity index (χ1n) is 7.94. The number of nitrogens with one attached hydrogen (secondary N) is 1. The number of piperazine rings is 1. The van der Waals surface area contributed by atoms with E-state index in [1.807, 2.05) is 0 Å². The summed E-state index contributed by atoms with van der Waals surface area (Å²) in [6, 6.07) is 0.283. The summed E-state index contributed by atoms with van der Waals surface area (Å²) in [6.45, 7) is 10.2. The summed E-state index contributed by atoms with van der Waals surface area (Å²) in [4.78, 5) is 4.82. The highest BCUT2D eigenvalue weighted by Crippen LogP contribution is 2.27. The number of hydrogen-bond donors (Lipinski definition) is 1. The number of rotatable bonds is 7. The van der Waals surface area contributed by atoms with E-state index in [-0.39, 0.29) is 6.04 Å². The summed E-state index contributed by atoms with van der Waals surface area (Å²) < 4.78 is 26.8. The van der Waals surface area contributed by atoms with E-state index in [0.717, 1.165) is 45.6 Å². The molecule has 0 aromatic rings. The second-order valence-electron chi connectivity index (χ2n) is 6.25. The molecule has 1 aliphatic carbocycles. The fraction of sp³-hybridized carbons (Fsp3) is 1.00. The van der Waals surface area contributed by atoms with Crippen LogP contribution in [0.5, 0.6) is 0 Å². The molecule has 0 amide bonds. The topological polar surface area (TPSA) is 52.6 Å². The van der Waals surface area contributed by atoms with Crippen LogP contribution >= 0.6 is 0 Å². The lowest BCUT2D eigenvalue weighted by Crippen LogP contribution is -2.52. The summed E-state index contributed by atoms with van der Waals surface area (Å²) in [5, 5.41) is 0. The molecule has 1 aliphatic heterocycles. The molecule has 1 saturated heterocycles. The van der Waals surface area contributed by atoms with Gasteiger partial charge in [-0.05, 0) is 32.2 Å². The standard InChI is InChI=1S/C14H29N3O2S/c1-3-16-7-9-17(10-8-16)13(2)11-15-20(18,19)12-14-5-4-6-14/h13-15H,3-12H2,1-2H3/t13-/m0/s1. The second kappa shape index (κ2) is 7.20. The average molecular weight is 303 g/mol. The third-order valence-electron chi connectivity index (χ3n) is 4.76. The largest absolute Gasteiger partial charge is 0.301 e. The van der Waals surface area contributed by atoms with Crippen LogP contribution in [-0.2, 0) is 10.0 Å². The van der Waals surface area contributed by atoms with Crippen molar-refractivity contribution in [1.82, 2.24) is 14.5 Å². The van der Waals surface area contributed by atoms with E-state index >= 15 is 0 Å². The lowest BCUT2D eigenvalue weighted by molar-refractivity contribution is 0.107. The quantitative estimate of drug-likeness (QED) is 0.753. The van der Waals surface area contributed by atoms with E-state index < -0.39 is 10.0 Å². The van der Waals surface area contributed by atoms with Gasteiger partial charge in [-0.2, -0.15) is 0 Å². The van der Waals surface area contributed by atoms with Crippen molar-refractivity contribution in [2.45, 2.75) is 39.2 Å². The number of nitrogens with zero attached hydrogens (tertiary/aromatic N) is 2. The zero-order chi connectivity index (χ0) is 14.6. The second-order valence-corrected chi connectivity index (χ2v) is 8.10. The van der Waals surface area contributed by atoms with Gasteiger partial charge in [-0.3, -0.25) is 4.90 Å². The van der Waals surface area contributed by atoms with Gasteiger partial charge in [-0.1, -0.05) is 13.3 Å². The Hall–Kier alpha value is -0.170. The van der Waals surface area contributed by atoms with E-state index in [9.17, 15) is 8.42 Å². The van der Waals surface area contributed by atoms with Crippen LogP contribution in [0.3, 0.4) is 0 Å². The number of hydrogen-bond acceptors (Lipinski definition) is 4. The highest BCUT2D eigenvalue weighted by atomic mass is 32.2. The highest BCUT2D eigenvalue weighted by molar-refractivity contribution is 7.89. The van der Waals surface area contributed by atoms with Crippen LogP contribution in [0.15, 0.2) is 0 Å². The Morgan fingerprint density at radius 1 is 1.20 bits per heavy atom. The van der Waals surface area contributed by atoms with Crippen molar-refractivity contribution in [1.29, 1.82) is 0 Å². The number of sulfonamides is 1. The molecule has 1 saturated carbocycles. The van der Waals surface area contributed by atoms with Crippen LogP contribution in [0.25, 0.3) is 0 Å². The molecule has 0 bridgehead atoms. The predicted molar refractivity (Wildman–Crippen MR) is 82.3 cm³/mol. The van der Waals surface area contributed by atoms with Gasteiger partial charge in [-0.25, -0.2) is 13.1 Å². The Morgan fingerprint density at radius 3 is 2.35 bits per heavy atom. The average Bonchev–Trinajstić information content (AvgIpc) is 2.41. The Labute approximate surface area is 123 Å². The van der Waals surface area contributed by atoms with Crippen molar-refractivity contribution in [3.05, 3.63) is 0 Å². The van der Waals surface area contributed by atoms with Gasteiger partial charge in [0.05, 0.1) is 5.75 Å². The van der Waals surface area contributed by atoms with E-state index in [1.165, 1.54) is 6.42 Å². The van der Waals surface area contributed by atoms with Crippen molar-refractivity contribution in [2.24, 2.45) is 5.92 Å². The molecule has 0 aromatic heterocycles. The molecule has 0 unspecified atom stereocenters. The molecule has 2 aliphatic rings. The van der Waals surface area contributed by atoms with Gasteiger partial charge in [-0.15, -0.1) is 0 Å². The molecular weight excluding hydrogens is 274 g/mol. The van der Waals surface area contributed by atoms with Gasteiger partial charge in [0.25, 0.3) is 0 Å². The molecule has 2 rings (SSSR count). The van der Waals surface area contributed by atoms with Gasteiger partial charge in [0.2, 0.25) is 10.0 Å². The third kappa shape index (κ3) is 4.69. The molecule has 0 radical (unpaired) electrons. The van der Waals surface area contributed by atoms with E-state index in [4.69, 9.17) is 0 Å². The molecule has 2 fully saturated rings. The Bertz CT molecular complexity index is 387. The first-order chi connectivity index (χ1) is 9.50. The van der Waals surface area contributed by atoms with E-state index in [1.54, 1.807) is 0 Å². The summed E-state index contributed by atoms with van der Waals surface area (Å²) in [6.07, 6.45) is 3.35. The molecule has 0 spiro atoms. The summed E-state index contributed by atoms with van der Waals surface area (Å²) in [7, 11) is -3.08. The fourth-order valence-corrected chi connectivity index (χ4v) is 4.49. The zero-order valence-corrected chi connectivity index (χ0v) is 13.7. The molecule has 1 atom stereocenters. The van der Waals surface area contributed by atoms with Crippen molar-refractivity contribution >= 4 is 10.0 Å². The van der Waals surface area contributed by atoms with E-state index in [2.05, 4.69) is 28.4 Å². The Balaban J connectivity index is 1.70. The Kier molecular flexibility index (Phi) is 5.84. The maximum atomic E-state index is 12.0. The first-order valence-corrected chi connectivity index (χ1v) is 9.59. The maximum absolute atomic E-state index is 12.0. The summed E-state index contributed by atoms with van der Waals surface area (Å²) in [5.74, 6) is 0.722. The van der Waals surface area contributed by atoms with Crippen molar-refractivity contribution in [3.8, 4) is 0 Å². The number of likely N-dealkylation sites (N-methyl/N-ethyl adjacent to an activating group) is 1. The molecule has 1 heterocycles. The van der Waals surface area contributed by atoms with Gasteiger partial charge in [0, 0.05) is 38.8 Å². The third-order valence-corrected chi connectivity index (χ3v) is 6.27. The molecule has 1 N–H and O–H groups in total. The van der Waals surface area contributed by atoms with Crippen molar-refractivity contribution in [3.63, 3.8) is 0 Å². The van der Waals surface area contributed by atoms with Gasteiger partial charge in [0.1, 0.15) is 0 Å². The van der Waals surface area contributed by atoms with Gasteiger partial charge >= 0.3 is 0 Å². The molecule has 20 heavy (non-hydrogen) atoms. The van der Waals surface area contributed by atoms with Crippen LogP contribution in [0.2, 0.25) is 0 Å². The molecular formula is C14H29N3O2S. The van der Waals surface area contributed by atoms with Gasteiger partial charge < -0.3 is 4.90 Å². The molecule has 0 aromatic carbocycles. The lowest BCUT2D eigenvalue weighted by Gasteiger charge is -2.37. The highest BCUT2D eigenvalue weighted by Gasteiger charge is 2.26. The maximum Gasteiger partial charge on any atom is 0.211 e. The minimum absolute atomic E-state index is 0.283. The van der Waals surface area contributed by atoms with Gasteiger partial charge in [0.15, 0.2) is 0 Å². The van der Waals surface area contributed by atoms with Crippen LogP contribution in [-0.4, -0.2) is 69.3 Å². The monoisotopic (exact) mass is 303 g/mol. The van der Waals surface area contributed by atoms with E-state index in [0.29, 0.717) is 18.2 Å². The van der Waals surface area contributed by atoms with Crippen LogP contribution < -0.4 is 4.72 Å². The smallest absolute Gasteiger partial charge is 0.211 e. The summed E-state index contributed by atoms with van der Waals surface area (Å²) >= 11 is 0. The lowest BCUT2D eigenvalue weighted by atomic mass is 9.87. The Morgan fingerprint density at radius 2 is 1.85 bits per heavy atom. The predicted octanol–water partition coefficient (Wildman–Crippen LogP) is 0.732. The SMILES string of the molecule is CCN1CCN([C@@H](C)CNS(=O)(=O)CC2CCC2)CC1. The normalized spacial score (nSPS) is 24.5. The molecule has 5 nitrogen and oxygen atoms in total. The summed E-state index contributed by atoms with van der Waals surface area (Å²) in [5.41, 5.74) is 0. The minimum atomic E-state index is -3.08. The minimum Gasteiger partial charge on any atom is -0.301 e. The fourth-order valence-electron chi connectivity index (χ4n) is 2.93. The molecule has 6 heteroatoms. The van der Waals surface area contributed by atoms with Crippen LogP contribution in [0, 0.1) is 5.92 Å². The van der Waals surface area contributed by atoms with Crippen molar-refractivity contribution < 1.29 is 8.42 Å². The van der Waals surface area contributed by atoms with Crippen LogP contribution in [0.4, 0.5) is 0 Å².